The van der Waals surface area contributed by atoms with Crippen LogP contribution >= 0.6 is 0 Å². The van der Waals surface area contributed by atoms with Crippen molar-refractivity contribution in [2.24, 2.45) is 17.8 Å². The van der Waals surface area contributed by atoms with Crippen LogP contribution in [0.25, 0.3) is 0 Å². The van der Waals surface area contributed by atoms with Crippen LogP contribution in [0.2, 0.25) is 0 Å². The molecule has 2 aliphatic carbocycles. The van der Waals surface area contributed by atoms with Crippen LogP contribution in [0.15, 0.2) is 0 Å². The van der Waals surface area contributed by atoms with Gasteiger partial charge in [-0.05, 0) is 37.0 Å². The van der Waals surface area contributed by atoms with Crippen molar-refractivity contribution in [3.63, 3.8) is 0 Å². The Hall–Kier alpha value is 0. The van der Waals surface area contributed by atoms with Crippen molar-refractivity contribution >= 4 is 0 Å². The third-order valence-electron chi connectivity index (χ3n) is 3.12. The standard InChI is InChI=1S/C9H16.C2H6/c1-7-4-8-2-3-9(5-7)6-8;1-2/h7-9H,2-6H2,1H3;1-2H3. The molecule has 0 saturated heterocycles. The van der Waals surface area contributed by atoms with E-state index in [2.05, 4.69) is 6.92 Å². The van der Waals surface area contributed by atoms with E-state index in [-0.39, 0.29) is 0 Å². The van der Waals surface area contributed by atoms with Crippen LogP contribution in [0.1, 0.15) is 52.9 Å². The maximum absolute atomic E-state index is 2.42. The lowest BCUT2D eigenvalue weighted by Crippen LogP contribution is -2.12. The second-order valence-corrected chi connectivity index (χ2v) is 4.12. The van der Waals surface area contributed by atoms with Crippen LogP contribution < -0.4 is 0 Å². The van der Waals surface area contributed by atoms with E-state index in [1.165, 1.54) is 12.8 Å². The molecule has 0 aromatic rings. The monoisotopic (exact) mass is 154 g/mol. The highest BCUT2D eigenvalue weighted by Gasteiger charge is 2.31. The molecule has 2 unspecified atom stereocenters. The van der Waals surface area contributed by atoms with Crippen molar-refractivity contribution in [3.05, 3.63) is 0 Å². The molecule has 0 N–H and O–H groups in total. The van der Waals surface area contributed by atoms with Gasteiger partial charge in [-0.3, -0.25) is 0 Å². The molecule has 0 heteroatoms. The summed E-state index contributed by atoms with van der Waals surface area (Å²) in [5.74, 6) is 3.33. The van der Waals surface area contributed by atoms with E-state index < -0.39 is 0 Å². The molecule has 0 spiro atoms. The smallest absolute Gasteiger partial charge is 0.0409 e. The zero-order valence-electron chi connectivity index (χ0n) is 8.27. The van der Waals surface area contributed by atoms with E-state index in [1.807, 2.05) is 13.8 Å². The van der Waals surface area contributed by atoms with Crippen molar-refractivity contribution in [3.8, 4) is 0 Å². The molecule has 2 bridgehead atoms. The largest absolute Gasteiger partial charge is 0.0683 e. The first kappa shape index (κ1) is 9.09. The second kappa shape index (κ2) is 4.13. The lowest BCUT2D eigenvalue weighted by molar-refractivity contribution is 0.278. The molecule has 2 saturated carbocycles. The number of rotatable bonds is 0. The lowest BCUT2D eigenvalue weighted by Gasteiger charge is -2.23. The Kier molecular flexibility index (Phi) is 3.42. The Morgan fingerprint density at radius 3 is 1.73 bits per heavy atom. The van der Waals surface area contributed by atoms with Gasteiger partial charge in [0.2, 0.25) is 0 Å². The van der Waals surface area contributed by atoms with E-state index in [9.17, 15) is 0 Å². The van der Waals surface area contributed by atoms with Crippen LogP contribution in [0.5, 0.6) is 0 Å². The molecule has 0 heterocycles. The predicted molar refractivity (Wildman–Crippen MR) is 50.6 cm³/mol. The highest BCUT2D eigenvalue weighted by Crippen LogP contribution is 2.44. The third kappa shape index (κ3) is 2.21. The van der Waals surface area contributed by atoms with Gasteiger partial charge in [0.25, 0.3) is 0 Å². The van der Waals surface area contributed by atoms with Gasteiger partial charge in [-0.1, -0.05) is 33.6 Å². The molecule has 0 aromatic carbocycles. The third-order valence-corrected chi connectivity index (χ3v) is 3.12. The molecule has 0 nitrogen and oxygen atoms in total. The molecule has 0 amide bonds. The average molecular weight is 154 g/mol. The average Bonchev–Trinajstić information content (AvgIpc) is 2.35. The first-order valence-electron chi connectivity index (χ1n) is 5.34. The Morgan fingerprint density at radius 1 is 0.818 bits per heavy atom. The van der Waals surface area contributed by atoms with E-state index in [0.29, 0.717) is 0 Å². The molecular formula is C11H22. The highest BCUT2D eigenvalue weighted by molar-refractivity contribution is 4.83. The second-order valence-electron chi connectivity index (χ2n) is 4.12. The summed E-state index contributed by atoms with van der Waals surface area (Å²) in [6.45, 7) is 6.42. The van der Waals surface area contributed by atoms with E-state index >= 15 is 0 Å². The normalized spacial score (nSPS) is 41.2. The first-order chi connectivity index (χ1) is 5.34. The van der Waals surface area contributed by atoms with Gasteiger partial charge >= 0.3 is 0 Å². The van der Waals surface area contributed by atoms with Gasteiger partial charge in [0.05, 0.1) is 0 Å². The minimum atomic E-state index is 1.05. The summed E-state index contributed by atoms with van der Waals surface area (Å²) < 4.78 is 0. The fraction of sp³-hybridized carbons (Fsp3) is 1.00. The van der Waals surface area contributed by atoms with E-state index in [4.69, 9.17) is 0 Å². The lowest BCUT2D eigenvalue weighted by atomic mass is 9.82. The summed E-state index contributed by atoms with van der Waals surface area (Å²) in [7, 11) is 0. The molecule has 2 atom stereocenters. The number of hydrogen-bond acceptors (Lipinski definition) is 0. The van der Waals surface area contributed by atoms with Gasteiger partial charge in [-0.2, -0.15) is 0 Å². The maximum Gasteiger partial charge on any atom is -0.0409 e. The molecule has 2 aliphatic rings. The summed E-state index contributed by atoms with van der Waals surface area (Å²) in [6, 6.07) is 0. The van der Waals surface area contributed by atoms with E-state index in [0.717, 1.165) is 17.8 Å². The molecule has 2 fully saturated rings. The maximum atomic E-state index is 2.42. The highest BCUT2D eigenvalue weighted by atomic mass is 14.4. The van der Waals surface area contributed by atoms with Crippen LogP contribution in [0.4, 0.5) is 0 Å². The SMILES string of the molecule is CC.CC1CC2CCC(C1)C2. The summed E-state index contributed by atoms with van der Waals surface area (Å²) >= 11 is 0. The fourth-order valence-electron chi connectivity index (χ4n) is 2.84. The van der Waals surface area contributed by atoms with E-state index in [1.54, 1.807) is 19.3 Å². The van der Waals surface area contributed by atoms with Gasteiger partial charge in [-0.15, -0.1) is 0 Å². The van der Waals surface area contributed by atoms with Crippen LogP contribution in [0.3, 0.4) is 0 Å². The van der Waals surface area contributed by atoms with Gasteiger partial charge in [0.15, 0.2) is 0 Å². The summed E-state index contributed by atoms with van der Waals surface area (Å²) in [5, 5.41) is 0. The van der Waals surface area contributed by atoms with Crippen molar-refractivity contribution in [2.75, 3.05) is 0 Å². The van der Waals surface area contributed by atoms with Crippen LogP contribution in [-0.4, -0.2) is 0 Å². The number of fused-ring (bicyclic) bond motifs is 2. The molecule has 2 rings (SSSR count). The minimum Gasteiger partial charge on any atom is -0.0683 e. The Balaban J connectivity index is 0.000000281. The zero-order chi connectivity index (χ0) is 8.27. The number of hydrogen-bond donors (Lipinski definition) is 0. The Bertz CT molecular complexity index is 94.6. The Morgan fingerprint density at radius 2 is 1.27 bits per heavy atom. The van der Waals surface area contributed by atoms with Crippen molar-refractivity contribution in [2.45, 2.75) is 52.9 Å². The molecule has 0 aromatic heterocycles. The predicted octanol–water partition coefficient (Wildman–Crippen LogP) is 3.86. The van der Waals surface area contributed by atoms with Gasteiger partial charge in [-0.25, -0.2) is 0 Å². The quantitative estimate of drug-likeness (QED) is 0.497. The zero-order valence-corrected chi connectivity index (χ0v) is 8.27. The molecule has 11 heavy (non-hydrogen) atoms. The summed E-state index contributed by atoms with van der Waals surface area (Å²) in [6.07, 6.45) is 7.75. The molecular weight excluding hydrogens is 132 g/mol. The topological polar surface area (TPSA) is 0 Å². The first-order valence-corrected chi connectivity index (χ1v) is 5.34. The van der Waals surface area contributed by atoms with Gasteiger partial charge < -0.3 is 0 Å². The fourth-order valence-corrected chi connectivity index (χ4v) is 2.84. The van der Waals surface area contributed by atoms with Gasteiger partial charge in [0.1, 0.15) is 0 Å². The van der Waals surface area contributed by atoms with Crippen LogP contribution in [0, 0.1) is 17.8 Å². The molecule has 0 aliphatic heterocycles. The van der Waals surface area contributed by atoms with Crippen LogP contribution in [-0.2, 0) is 0 Å². The summed E-state index contributed by atoms with van der Waals surface area (Å²) in [4.78, 5) is 0. The van der Waals surface area contributed by atoms with Crippen molar-refractivity contribution in [1.82, 2.24) is 0 Å². The molecule has 0 radical (unpaired) electrons. The van der Waals surface area contributed by atoms with Gasteiger partial charge in [0, 0.05) is 0 Å². The van der Waals surface area contributed by atoms with Crippen molar-refractivity contribution < 1.29 is 0 Å². The van der Waals surface area contributed by atoms with Crippen molar-refractivity contribution in [1.29, 1.82) is 0 Å². The minimum absolute atomic E-state index is 1.05. The Labute approximate surface area is 71.4 Å². The molecule has 66 valence electrons. The summed E-state index contributed by atoms with van der Waals surface area (Å²) in [5.41, 5.74) is 0.